The lowest BCUT2D eigenvalue weighted by Crippen LogP contribution is -2.51. The van der Waals surface area contributed by atoms with E-state index in [1.165, 1.54) is 64.7 Å². The molecular weight excluding hydrogens is 234 g/mol. The lowest BCUT2D eigenvalue weighted by atomic mass is 10.0. The molecule has 0 bridgehead atoms. The molecule has 1 saturated carbocycles. The van der Waals surface area contributed by atoms with E-state index in [9.17, 15) is 0 Å². The Kier molecular flexibility index (Phi) is 4.45. The maximum absolute atomic E-state index is 3.60. The first kappa shape index (κ1) is 13.8. The monoisotopic (exact) mass is 265 g/mol. The third-order valence-electron chi connectivity index (χ3n) is 5.31. The van der Waals surface area contributed by atoms with E-state index in [1.54, 1.807) is 0 Å². The molecule has 3 nitrogen and oxygen atoms in total. The number of likely N-dealkylation sites (tertiary alicyclic amines) is 1. The highest BCUT2D eigenvalue weighted by atomic mass is 15.3. The van der Waals surface area contributed by atoms with Crippen LogP contribution in [0.4, 0.5) is 0 Å². The highest BCUT2D eigenvalue weighted by Crippen LogP contribution is 2.35. The largest absolute Gasteiger partial charge is 0.315 e. The summed E-state index contributed by atoms with van der Waals surface area (Å²) < 4.78 is 0. The van der Waals surface area contributed by atoms with Crippen LogP contribution >= 0.6 is 0 Å². The Morgan fingerprint density at radius 1 is 1.21 bits per heavy atom. The minimum atomic E-state index is 0.796. The van der Waals surface area contributed by atoms with Crippen molar-refractivity contribution in [2.24, 2.45) is 0 Å². The van der Waals surface area contributed by atoms with Crippen LogP contribution in [-0.2, 0) is 0 Å². The Balaban J connectivity index is 1.62. The Labute approximate surface area is 118 Å². The zero-order chi connectivity index (χ0) is 13.2. The van der Waals surface area contributed by atoms with Crippen molar-refractivity contribution in [1.82, 2.24) is 15.1 Å². The predicted molar refractivity (Wildman–Crippen MR) is 80.5 cm³/mol. The first-order valence-electron chi connectivity index (χ1n) is 8.51. The fourth-order valence-electron chi connectivity index (χ4n) is 4.22. The summed E-state index contributed by atoms with van der Waals surface area (Å²) in [7, 11) is 0. The third kappa shape index (κ3) is 3.14. The summed E-state index contributed by atoms with van der Waals surface area (Å²) in [5.41, 5.74) is 0. The van der Waals surface area contributed by atoms with Crippen LogP contribution in [0.1, 0.15) is 52.4 Å². The van der Waals surface area contributed by atoms with Gasteiger partial charge in [0.1, 0.15) is 0 Å². The van der Waals surface area contributed by atoms with Crippen LogP contribution in [-0.4, -0.2) is 60.1 Å². The molecule has 2 saturated heterocycles. The molecule has 3 atom stereocenters. The van der Waals surface area contributed by atoms with Crippen molar-refractivity contribution in [3.63, 3.8) is 0 Å². The van der Waals surface area contributed by atoms with Crippen molar-refractivity contribution in [1.29, 1.82) is 0 Å². The van der Waals surface area contributed by atoms with Crippen LogP contribution in [0.2, 0.25) is 0 Å². The molecule has 2 aliphatic heterocycles. The second-order valence-electron chi connectivity index (χ2n) is 6.90. The van der Waals surface area contributed by atoms with Gasteiger partial charge in [-0.1, -0.05) is 6.92 Å². The summed E-state index contributed by atoms with van der Waals surface area (Å²) in [6.45, 7) is 9.85. The minimum absolute atomic E-state index is 0.796. The van der Waals surface area contributed by atoms with Gasteiger partial charge >= 0.3 is 0 Å². The molecule has 0 spiro atoms. The molecule has 19 heavy (non-hydrogen) atoms. The normalized spacial score (nSPS) is 37.1. The SMILES string of the molecule is CCCN(C1CCCNC1)C1CC(C)N(C2CC2)C1. The summed E-state index contributed by atoms with van der Waals surface area (Å²) in [6, 6.07) is 3.37. The molecule has 0 aromatic carbocycles. The molecule has 1 N–H and O–H groups in total. The van der Waals surface area contributed by atoms with Gasteiger partial charge in [0, 0.05) is 37.3 Å². The second kappa shape index (κ2) is 6.11. The Hall–Kier alpha value is -0.120. The van der Waals surface area contributed by atoms with Crippen molar-refractivity contribution in [2.75, 3.05) is 26.2 Å². The summed E-state index contributed by atoms with van der Waals surface area (Å²) in [5.74, 6) is 0. The van der Waals surface area contributed by atoms with Gasteiger partial charge in [0.15, 0.2) is 0 Å². The second-order valence-corrected chi connectivity index (χ2v) is 6.90. The molecule has 0 aromatic rings. The predicted octanol–water partition coefficient (Wildman–Crippen LogP) is 2.08. The molecule has 0 amide bonds. The van der Waals surface area contributed by atoms with Gasteiger partial charge in [0.25, 0.3) is 0 Å². The molecule has 110 valence electrons. The van der Waals surface area contributed by atoms with Crippen LogP contribution in [0.3, 0.4) is 0 Å². The first-order chi connectivity index (χ1) is 9.29. The van der Waals surface area contributed by atoms with Gasteiger partial charge < -0.3 is 5.32 Å². The smallest absolute Gasteiger partial charge is 0.0241 e. The van der Waals surface area contributed by atoms with Gasteiger partial charge in [-0.25, -0.2) is 0 Å². The van der Waals surface area contributed by atoms with Gasteiger partial charge in [-0.2, -0.15) is 0 Å². The number of hydrogen-bond donors (Lipinski definition) is 1. The summed E-state index contributed by atoms with van der Waals surface area (Å²) in [4.78, 5) is 5.65. The third-order valence-corrected chi connectivity index (χ3v) is 5.31. The number of nitrogens with zero attached hydrogens (tertiary/aromatic N) is 2. The Morgan fingerprint density at radius 2 is 2.05 bits per heavy atom. The van der Waals surface area contributed by atoms with Crippen molar-refractivity contribution >= 4 is 0 Å². The maximum atomic E-state index is 3.60. The summed E-state index contributed by atoms with van der Waals surface area (Å²) in [6.07, 6.45) is 8.37. The lowest BCUT2D eigenvalue weighted by Gasteiger charge is -2.38. The van der Waals surface area contributed by atoms with Crippen molar-refractivity contribution in [3.8, 4) is 0 Å². The average molecular weight is 265 g/mol. The molecule has 2 heterocycles. The first-order valence-corrected chi connectivity index (χ1v) is 8.51. The molecule has 0 aromatic heterocycles. The van der Waals surface area contributed by atoms with Gasteiger partial charge in [-0.15, -0.1) is 0 Å². The molecule has 0 radical (unpaired) electrons. The Bertz CT molecular complexity index is 284. The van der Waals surface area contributed by atoms with Gasteiger partial charge in [-0.3, -0.25) is 9.80 Å². The molecular formula is C16H31N3. The van der Waals surface area contributed by atoms with Crippen LogP contribution in [0.25, 0.3) is 0 Å². The van der Waals surface area contributed by atoms with E-state index in [0.717, 1.165) is 24.2 Å². The molecule has 3 unspecified atom stereocenters. The highest BCUT2D eigenvalue weighted by molar-refractivity contribution is 4.98. The zero-order valence-electron chi connectivity index (χ0n) is 12.8. The van der Waals surface area contributed by atoms with Crippen LogP contribution in [0.15, 0.2) is 0 Å². The van der Waals surface area contributed by atoms with Crippen molar-refractivity contribution in [2.45, 2.75) is 76.5 Å². The van der Waals surface area contributed by atoms with Crippen LogP contribution in [0.5, 0.6) is 0 Å². The molecule has 3 aliphatic rings. The quantitative estimate of drug-likeness (QED) is 0.821. The average Bonchev–Trinajstić information content (AvgIpc) is 3.20. The summed E-state index contributed by atoms with van der Waals surface area (Å²) in [5, 5.41) is 3.60. The minimum Gasteiger partial charge on any atom is -0.315 e. The standard InChI is InChI=1S/C16H31N3/c1-3-9-18(15-5-4-8-17-11-15)16-10-13(2)19(12-16)14-6-7-14/h13-17H,3-12H2,1-2H3. The summed E-state index contributed by atoms with van der Waals surface area (Å²) >= 11 is 0. The highest BCUT2D eigenvalue weighted by Gasteiger charge is 2.41. The van der Waals surface area contributed by atoms with Crippen LogP contribution < -0.4 is 5.32 Å². The molecule has 3 fully saturated rings. The molecule has 1 aliphatic carbocycles. The van der Waals surface area contributed by atoms with E-state index >= 15 is 0 Å². The van der Waals surface area contributed by atoms with E-state index in [4.69, 9.17) is 0 Å². The van der Waals surface area contributed by atoms with Crippen molar-refractivity contribution < 1.29 is 0 Å². The number of rotatable bonds is 5. The fraction of sp³-hybridized carbons (Fsp3) is 1.00. The van der Waals surface area contributed by atoms with E-state index < -0.39 is 0 Å². The zero-order valence-corrected chi connectivity index (χ0v) is 12.8. The van der Waals surface area contributed by atoms with E-state index in [0.29, 0.717) is 0 Å². The Morgan fingerprint density at radius 3 is 2.68 bits per heavy atom. The van der Waals surface area contributed by atoms with E-state index in [-0.39, 0.29) is 0 Å². The number of nitrogens with one attached hydrogen (secondary N) is 1. The van der Waals surface area contributed by atoms with Gasteiger partial charge in [0.05, 0.1) is 0 Å². The lowest BCUT2D eigenvalue weighted by molar-refractivity contribution is 0.112. The van der Waals surface area contributed by atoms with Crippen LogP contribution in [0, 0.1) is 0 Å². The van der Waals surface area contributed by atoms with Crippen molar-refractivity contribution in [3.05, 3.63) is 0 Å². The fourth-order valence-corrected chi connectivity index (χ4v) is 4.22. The van der Waals surface area contributed by atoms with E-state index in [1.807, 2.05) is 0 Å². The topological polar surface area (TPSA) is 18.5 Å². The molecule has 3 heteroatoms. The maximum Gasteiger partial charge on any atom is 0.0241 e. The molecule has 3 rings (SSSR count). The number of hydrogen-bond acceptors (Lipinski definition) is 3. The van der Waals surface area contributed by atoms with Gasteiger partial charge in [-0.05, 0) is 58.5 Å². The number of piperidine rings is 1. The van der Waals surface area contributed by atoms with E-state index in [2.05, 4.69) is 29.0 Å². The van der Waals surface area contributed by atoms with Gasteiger partial charge in [0.2, 0.25) is 0 Å².